The number of carbonyl (C=O) groups is 2. The van der Waals surface area contributed by atoms with Crippen LogP contribution in [-0.2, 0) is 4.79 Å². The Morgan fingerprint density at radius 3 is 2.35 bits per heavy atom. The molecule has 182 valence electrons. The minimum Gasteiger partial charge on any atom is -0.496 e. The molecule has 0 atom stereocenters. The number of carbonyl (C=O) groups excluding carboxylic acids is 2. The number of methoxy groups -OCH3 is 1. The molecule has 1 saturated heterocycles. The lowest BCUT2D eigenvalue weighted by Crippen LogP contribution is -2.51. The van der Waals surface area contributed by atoms with Crippen LogP contribution in [0.15, 0.2) is 54.6 Å². The Labute approximate surface area is 203 Å². The third kappa shape index (κ3) is 6.94. The van der Waals surface area contributed by atoms with Crippen LogP contribution in [0.1, 0.15) is 35.3 Å². The zero-order chi connectivity index (χ0) is 24.5. The number of piperazine rings is 1. The molecule has 0 aromatic heterocycles. The summed E-state index contributed by atoms with van der Waals surface area (Å²) in [4.78, 5) is 31.7. The lowest BCUT2D eigenvalue weighted by atomic mass is 10.1. The number of ether oxygens (including phenoxy) is 1. The van der Waals surface area contributed by atoms with Gasteiger partial charge in [-0.05, 0) is 25.1 Å². The quantitative estimate of drug-likeness (QED) is 0.565. The van der Waals surface area contributed by atoms with Crippen LogP contribution in [0.25, 0.3) is 6.08 Å². The van der Waals surface area contributed by atoms with Gasteiger partial charge >= 0.3 is 0 Å². The van der Waals surface area contributed by atoms with Gasteiger partial charge in [-0.2, -0.15) is 0 Å². The van der Waals surface area contributed by atoms with Crippen LogP contribution >= 0.6 is 0 Å². The van der Waals surface area contributed by atoms with Crippen molar-refractivity contribution in [2.75, 3.05) is 52.9 Å². The Hall–Kier alpha value is -3.12. The Kier molecular flexibility index (Phi) is 9.28. The van der Waals surface area contributed by atoms with Gasteiger partial charge in [0, 0.05) is 62.9 Å². The van der Waals surface area contributed by atoms with Crippen molar-refractivity contribution in [3.05, 3.63) is 71.3 Å². The van der Waals surface area contributed by atoms with Crippen LogP contribution in [-0.4, -0.2) is 79.4 Å². The maximum Gasteiger partial charge on any atom is 0.254 e. The van der Waals surface area contributed by atoms with Gasteiger partial charge in [0.2, 0.25) is 5.91 Å². The summed E-state index contributed by atoms with van der Waals surface area (Å²) in [6.07, 6.45) is 4.02. The zero-order valence-corrected chi connectivity index (χ0v) is 20.9. The van der Waals surface area contributed by atoms with Gasteiger partial charge in [-0.1, -0.05) is 61.9 Å². The number of hydrogen-bond acceptors (Lipinski definition) is 4. The average molecular weight is 464 g/mol. The number of amides is 2. The van der Waals surface area contributed by atoms with Gasteiger partial charge in [-0.3, -0.25) is 14.5 Å². The van der Waals surface area contributed by atoms with E-state index < -0.39 is 0 Å². The molecule has 1 heterocycles. The molecule has 2 aromatic carbocycles. The minimum absolute atomic E-state index is 0.0262. The third-order valence-corrected chi connectivity index (χ3v) is 6.21. The van der Waals surface area contributed by atoms with Crippen LogP contribution in [0.4, 0.5) is 0 Å². The summed E-state index contributed by atoms with van der Waals surface area (Å²) >= 11 is 0. The molecule has 0 spiro atoms. The topological polar surface area (TPSA) is 53.1 Å². The summed E-state index contributed by atoms with van der Waals surface area (Å²) in [5, 5.41) is 0. The number of benzene rings is 2. The Bertz CT molecular complexity index is 977. The third-order valence-electron chi connectivity index (χ3n) is 6.21. The number of rotatable bonds is 9. The van der Waals surface area contributed by atoms with Crippen molar-refractivity contribution in [3.63, 3.8) is 0 Å². The Balaban J connectivity index is 1.64. The highest BCUT2D eigenvalue weighted by Crippen LogP contribution is 2.19. The second-order valence-electron chi connectivity index (χ2n) is 9.08. The molecule has 0 saturated carbocycles. The van der Waals surface area contributed by atoms with Crippen LogP contribution < -0.4 is 4.74 Å². The largest absolute Gasteiger partial charge is 0.496 e. The first-order valence-corrected chi connectivity index (χ1v) is 12.1. The van der Waals surface area contributed by atoms with Crippen molar-refractivity contribution >= 4 is 17.9 Å². The lowest BCUT2D eigenvalue weighted by molar-refractivity contribution is -0.136. The number of nitrogens with zero attached hydrogens (tertiary/aromatic N) is 3. The van der Waals surface area contributed by atoms with E-state index in [0.29, 0.717) is 18.7 Å². The van der Waals surface area contributed by atoms with Crippen LogP contribution in [0.3, 0.4) is 0 Å². The van der Waals surface area contributed by atoms with E-state index in [0.717, 1.165) is 49.6 Å². The molecule has 3 rings (SSSR count). The standard InChI is InChI=1S/C28H37N3O3/c1-22(2)27(32)31-20-17-29(18-21-31)16-19-30(28(33)25-13-11-23(3)12-14-25)15-7-9-24-8-5-6-10-26(24)34-4/h5-14,22H,15-21H2,1-4H3/b9-7+. The van der Waals surface area contributed by atoms with Gasteiger partial charge in [-0.15, -0.1) is 0 Å². The van der Waals surface area contributed by atoms with E-state index in [2.05, 4.69) is 4.90 Å². The van der Waals surface area contributed by atoms with Gasteiger partial charge in [0.05, 0.1) is 7.11 Å². The van der Waals surface area contributed by atoms with Crippen LogP contribution in [0.5, 0.6) is 5.75 Å². The molecule has 6 heteroatoms. The van der Waals surface area contributed by atoms with E-state index in [-0.39, 0.29) is 17.7 Å². The number of para-hydroxylation sites is 1. The second-order valence-corrected chi connectivity index (χ2v) is 9.08. The van der Waals surface area contributed by atoms with E-state index in [1.807, 2.05) is 91.3 Å². The van der Waals surface area contributed by atoms with Gasteiger partial charge in [0.1, 0.15) is 5.75 Å². The van der Waals surface area contributed by atoms with Crippen molar-refractivity contribution in [2.45, 2.75) is 20.8 Å². The molecule has 1 aliphatic rings. The molecule has 0 N–H and O–H groups in total. The molecule has 34 heavy (non-hydrogen) atoms. The first-order chi connectivity index (χ1) is 16.4. The molecule has 1 fully saturated rings. The molecule has 0 bridgehead atoms. The SMILES string of the molecule is COc1ccccc1/C=C/CN(CCN1CCN(C(=O)C(C)C)CC1)C(=O)c1ccc(C)cc1. The zero-order valence-electron chi connectivity index (χ0n) is 20.9. The molecule has 2 aromatic rings. The van der Waals surface area contributed by atoms with Crippen molar-refractivity contribution in [1.82, 2.24) is 14.7 Å². The molecule has 1 aliphatic heterocycles. The smallest absolute Gasteiger partial charge is 0.254 e. The average Bonchev–Trinajstić information content (AvgIpc) is 2.86. The van der Waals surface area contributed by atoms with Crippen molar-refractivity contribution in [2.24, 2.45) is 5.92 Å². The minimum atomic E-state index is 0.0262. The molecule has 2 amide bonds. The van der Waals surface area contributed by atoms with E-state index in [4.69, 9.17) is 4.74 Å². The van der Waals surface area contributed by atoms with Crippen molar-refractivity contribution in [1.29, 1.82) is 0 Å². The number of aryl methyl sites for hydroxylation is 1. The fourth-order valence-electron chi connectivity index (χ4n) is 4.08. The number of hydrogen-bond donors (Lipinski definition) is 0. The predicted octanol–water partition coefficient (Wildman–Crippen LogP) is 3.96. The molecular formula is C28H37N3O3. The summed E-state index contributed by atoms with van der Waals surface area (Å²) in [7, 11) is 1.66. The Morgan fingerprint density at radius 1 is 1.03 bits per heavy atom. The fourth-order valence-corrected chi connectivity index (χ4v) is 4.08. The van der Waals surface area contributed by atoms with Crippen LogP contribution in [0, 0.1) is 12.8 Å². The Morgan fingerprint density at radius 2 is 1.71 bits per heavy atom. The van der Waals surface area contributed by atoms with E-state index in [1.54, 1.807) is 7.11 Å². The highest BCUT2D eigenvalue weighted by atomic mass is 16.5. The lowest BCUT2D eigenvalue weighted by Gasteiger charge is -2.36. The van der Waals surface area contributed by atoms with Gasteiger partial charge in [0.15, 0.2) is 0 Å². The maximum atomic E-state index is 13.3. The molecule has 0 radical (unpaired) electrons. The van der Waals surface area contributed by atoms with Crippen molar-refractivity contribution in [3.8, 4) is 5.75 Å². The monoisotopic (exact) mass is 463 g/mol. The maximum absolute atomic E-state index is 13.3. The summed E-state index contributed by atoms with van der Waals surface area (Å²) < 4.78 is 5.43. The van der Waals surface area contributed by atoms with Gasteiger partial charge in [-0.25, -0.2) is 0 Å². The molecule has 0 aliphatic carbocycles. The molecule has 6 nitrogen and oxygen atoms in total. The van der Waals surface area contributed by atoms with E-state index in [9.17, 15) is 9.59 Å². The fraction of sp³-hybridized carbons (Fsp3) is 0.429. The van der Waals surface area contributed by atoms with E-state index in [1.165, 1.54) is 0 Å². The summed E-state index contributed by atoms with van der Waals surface area (Å²) in [5.74, 6) is 1.09. The van der Waals surface area contributed by atoms with Gasteiger partial charge in [0.25, 0.3) is 5.91 Å². The summed E-state index contributed by atoms with van der Waals surface area (Å²) in [5.41, 5.74) is 2.82. The normalized spacial score (nSPS) is 14.6. The highest BCUT2D eigenvalue weighted by Gasteiger charge is 2.23. The van der Waals surface area contributed by atoms with Gasteiger partial charge < -0.3 is 14.5 Å². The predicted molar refractivity (Wildman–Crippen MR) is 137 cm³/mol. The van der Waals surface area contributed by atoms with Crippen LogP contribution in [0.2, 0.25) is 0 Å². The first kappa shape index (κ1) is 25.5. The van der Waals surface area contributed by atoms with E-state index >= 15 is 0 Å². The highest BCUT2D eigenvalue weighted by molar-refractivity contribution is 5.94. The second kappa shape index (κ2) is 12.4. The first-order valence-electron chi connectivity index (χ1n) is 12.1. The summed E-state index contributed by atoms with van der Waals surface area (Å²) in [6, 6.07) is 15.6. The van der Waals surface area contributed by atoms with Crippen molar-refractivity contribution < 1.29 is 14.3 Å². The molecule has 0 unspecified atom stereocenters. The molecular weight excluding hydrogens is 426 g/mol. The summed E-state index contributed by atoms with van der Waals surface area (Å²) in [6.45, 7) is 11.0.